The van der Waals surface area contributed by atoms with Gasteiger partial charge in [-0.3, -0.25) is 4.79 Å². The van der Waals surface area contributed by atoms with Crippen LogP contribution in [0, 0.1) is 0 Å². The van der Waals surface area contributed by atoms with Crippen LogP contribution in [-0.4, -0.2) is 24.2 Å². The smallest absolute Gasteiger partial charge is 0.334 e. The number of hydrogen-bond acceptors (Lipinski definition) is 4. The molecular formula is C3H4O5. The molecule has 0 atom stereocenters. The third kappa shape index (κ3) is 4.90. The van der Waals surface area contributed by atoms with Crippen LogP contribution in [0.4, 0.5) is 0 Å². The highest BCUT2D eigenvalue weighted by atomic mass is 17.2. The Morgan fingerprint density at radius 2 is 2.38 bits per heavy atom. The second kappa shape index (κ2) is 4.07. The molecule has 0 unspecified atom stereocenters. The van der Waals surface area contributed by atoms with Crippen LogP contribution >= 0.6 is 0 Å². The fourth-order valence-electron chi connectivity index (χ4n) is 0.112. The molecule has 46 valence electrons. The molecule has 0 aromatic carbocycles. The molecule has 1 N–H and O–H groups in total. The molecule has 0 amide bonds. The highest BCUT2D eigenvalue weighted by molar-refractivity contribution is 5.67. The maximum Gasteiger partial charge on any atom is 0.334 e. The van der Waals surface area contributed by atoms with Gasteiger partial charge < -0.3 is 9.99 Å². The van der Waals surface area contributed by atoms with E-state index in [9.17, 15) is 9.59 Å². The third-order valence-corrected chi connectivity index (χ3v) is 0.290. The third-order valence-electron chi connectivity index (χ3n) is 0.290. The Kier molecular flexibility index (Phi) is 3.51. The number of carboxylic acid groups (broad SMARTS) is 1. The Balaban J connectivity index is 2.93. The molecule has 0 radical (unpaired) electrons. The van der Waals surface area contributed by atoms with E-state index in [2.05, 4.69) is 9.78 Å². The largest absolute Gasteiger partial charge is 0.479 e. The first kappa shape index (κ1) is 6.90. The molecule has 8 heavy (non-hydrogen) atoms. The van der Waals surface area contributed by atoms with Crippen LogP contribution in [0.3, 0.4) is 0 Å². The lowest BCUT2D eigenvalue weighted by molar-refractivity contribution is -0.258. The minimum atomic E-state index is -1.19. The summed E-state index contributed by atoms with van der Waals surface area (Å²) in [5.41, 5.74) is 0. The van der Waals surface area contributed by atoms with Crippen LogP contribution in [0.25, 0.3) is 0 Å². The Bertz CT molecular complexity index is 87.7. The van der Waals surface area contributed by atoms with E-state index >= 15 is 0 Å². The molecule has 0 aliphatic heterocycles. The average molecular weight is 120 g/mol. The van der Waals surface area contributed by atoms with Gasteiger partial charge in [0.15, 0.2) is 6.61 Å². The molecular weight excluding hydrogens is 116 g/mol. The van der Waals surface area contributed by atoms with Crippen LogP contribution < -0.4 is 0 Å². The van der Waals surface area contributed by atoms with Gasteiger partial charge >= 0.3 is 12.4 Å². The second-order valence-corrected chi connectivity index (χ2v) is 0.848. The zero-order valence-electron chi connectivity index (χ0n) is 3.86. The Morgan fingerprint density at radius 1 is 1.75 bits per heavy atom. The predicted molar refractivity (Wildman–Crippen MR) is 20.7 cm³/mol. The van der Waals surface area contributed by atoms with Gasteiger partial charge in [0.2, 0.25) is 0 Å². The van der Waals surface area contributed by atoms with E-state index < -0.39 is 12.6 Å². The van der Waals surface area contributed by atoms with E-state index in [1.54, 1.807) is 0 Å². The van der Waals surface area contributed by atoms with Gasteiger partial charge in [-0.05, 0) is 0 Å². The molecule has 0 bridgehead atoms. The number of aliphatic carboxylic acids is 1. The summed E-state index contributed by atoms with van der Waals surface area (Å²) in [5, 5.41) is 7.82. The van der Waals surface area contributed by atoms with Crippen LogP contribution in [0.5, 0.6) is 0 Å². The van der Waals surface area contributed by atoms with Crippen LogP contribution in [-0.2, 0) is 19.4 Å². The number of carbonyl (C=O) groups is 2. The van der Waals surface area contributed by atoms with Gasteiger partial charge in [-0.15, -0.1) is 0 Å². The van der Waals surface area contributed by atoms with Crippen LogP contribution in [0.15, 0.2) is 0 Å². The van der Waals surface area contributed by atoms with Crippen molar-refractivity contribution in [3.63, 3.8) is 0 Å². The van der Waals surface area contributed by atoms with Crippen molar-refractivity contribution in [2.24, 2.45) is 0 Å². The van der Waals surface area contributed by atoms with Gasteiger partial charge in [0, 0.05) is 0 Å². The topological polar surface area (TPSA) is 72.8 Å². The minimum absolute atomic E-state index is 0.00292. The van der Waals surface area contributed by atoms with Crippen molar-refractivity contribution in [1.29, 1.82) is 0 Å². The molecule has 0 aromatic rings. The summed E-state index contributed by atoms with van der Waals surface area (Å²) in [6.45, 7) is -0.623. The van der Waals surface area contributed by atoms with Crippen molar-refractivity contribution in [1.82, 2.24) is 0 Å². The van der Waals surface area contributed by atoms with E-state index in [1.165, 1.54) is 0 Å². The Morgan fingerprint density at radius 3 is 2.75 bits per heavy atom. The number of carbonyl (C=O) groups excluding carboxylic acids is 1. The molecule has 0 spiro atoms. The van der Waals surface area contributed by atoms with Gasteiger partial charge in [0.05, 0.1) is 0 Å². The second-order valence-electron chi connectivity index (χ2n) is 0.848. The molecule has 0 heterocycles. The maximum atomic E-state index is 9.55. The molecule has 0 saturated carbocycles. The lowest BCUT2D eigenvalue weighted by Crippen LogP contribution is -2.06. The van der Waals surface area contributed by atoms with E-state index in [0.717, 1.165) is 0 Å². The monoisotopic (exact) mass is 120 g/mol. The SMILES string of the molecule is O=COOCC(=O)O. The molecule has 0 rings (SSSR count). The molecule has 0 aliphatic rings. The predicted octanol–water partition coefficient (Wildman–Crippen LogP) is -0.824. The number of hydrogen-bond donors (Lipinski definition) is 1. The standard InChI is InChI=1S/C3H4O5/c4-2-8-7-1-3(5)6/h2H,1H2,(H,5,6). The van der Waals surface area contributed by atoms with Crippen molar-refractivity contribution >= 4 is 12.4 Å². The van der Waals surface area contributed by atoms with Crippen LogP contribution in [0.1, 0.15) is 0 Å². The number of carboxylic acids is 1. The highest BCUT2D eigenvalue weighted by Crippen LogP contribution is 1.71. The first-order valence-corrected chi connectivity index (χ1v) is 1.71. The van der Waals surface area contributed by atoms with Gasteiger partial charge in [-0.2, -0.15) is 4.89 Å². The van der Waals surface area contributed by atoms with E-state index in [-0.39, 0.29) is 6.47 Å². The number of rotatable bonds is 4. The van der Waals surface area contributed by atoms with Gasteiger partial charge in [-0.1, -0.05) is 0 Å². The first-order chi connectivity index (χ1) is 3.77. The van der Waals surface area contributed by atoms with Crippen molar-refractivity contribution < 1.29 is 24.5 Å². The average Bonchev–Trinajstić information content (AvgIpc) is 1.66. The molecule has 5 heteroatoms. The fraction of sp³-hybridized carbons (Fsp3) is 0.333. The summed E-state index contributed by atoms with van der Waals surface area (Å²) in [6, 6.07) is 0. The Hall–Kier alpha value is -1.10. The molecule has 0 aliphatic carbocycles. The normalized spacial score (nSPS) is 8.00. The van der Waals surface area contributed by atoms with Crippen molar-refractivity contribution in [2.45, 2.75) is 0 Å². The summed E-state index contributed by atoms with van der Waals surface area (Å²) < 4.78 is 0. The first-order valence-electron chi connectivity index (χ1n) is 1.71. The van der Waals surface area contributed by atoms with Crippen LogP contribution in [0.2, 0.25) is 0 Å². The fourth-order valence-corrected chi connectivity index (χ4v) is 0.112. The quantitative estimate of drug-likeness (QED) is 0.227. The summed E-state index contributed by atoms with van der Waals surface area (Å²) in [5.74, 6) is -1.19. The van der Waals surface area contributed by atoms with Gasteiger partial charge in [0.25, 0.3) is 0 Å². The molecule has 5 nitrogen and oxygen atoms in total. The van der Waals surface area contributed by atoms with Crippen molar-refractivity contribution in [2.75, 3.05) is 6.61 Å². The summed E-state index contributed by atoms with van der Waals surface area (Å²) in [7, 11) is 0. The molecule has 0 fully saturated rings. The highest BCUT2D eigenvalue weighted by Gasteiger charge is 1.94. The zero-order valence-corrected chi connectivity index (χ0v) is 3.86. The summed E-state index contributed by atoms with van der Waals surface area (Å²) >= 11 is 0. The molecule has 0 aromatic heterocycles. The summed E-state index contributed by atoms with van der Waals surface area (Å²) in [6.07, 6.45) is 0. The lowest BCUT2D eigenvalue weighted by atomic mass is 10.8. The Labute approximate surface area is 44.7 Å². The van der Waals surface area contributed by atoms with E-state index in [4.69, 9.17) is 5.11 Å². The van der Waals surface area contributed by atoms with Crippen molar-refractivity contribution in [3.05, 3.63) is 0 Å². The van der Waals surface area contributed by atoms with Gasteiger partial charge in [0.1, 0.15) is 0 Å². The summed E-state index contributed by atoms with van der Waals surface area (Å²) in [4.78, 5) is 26.2. The van der Waals surface area contributed by atoms with E-state index in [0.29, 0.717) is 0 Å². The van der Waals surface area contributed by atoms with Gasteiger partial charge in [-0.25, -0.2) is 4.79 Å². The van der Waals surface area contributed by atoms with Crippen molar-refractivity contribution in [3.8, 4) is 0 Å². The lowest BCUT2D eigenvalue weighted by Gasteiger charge is -1.89. The van der Waals surface area contributed by atoms with E-state index in [1.807, 2.05) is 0 Å². The minimum Gasteiger partial charge on any atom is -0.479 e. The zero-order chi connectivity index (χ0) is 6.41. The maximum absolute atomic E-state index is 9.55. The molecule has 0 saturated heterocycles.